The first kappa shape index (κ1) is 27.8. The highest BCUT2D eigenvalue weighted by Gasteiger charge is 2.73. The largest absolute Gasteiger partial charge is 0.490 e. The molecule has 2 aromatic rings. The van der Waals surface area contributed by atoms with Gasteiger partial charge in [-0.15, -0.1) is 0 Å². The fourth-order valence-corrected chi connectivity index (χ4v) is 3.39. The highest BCUT2D eigenvalue weighted by atomic mass is 35.5. The van der Waals surface area contributed by atoms with Crippen LogP contribution in [0.15, 0.2) is 24.3 Å². The predicted molar refractivity (Wildman–Crippen MR) is 100 cm³/mol. The molecule has 35 heavy (non-hydrogen) atoms. The van der Waals surface area contributed by atoms with Crippen LogP contribution in [0.25, 0.3) is 11.1 Å². The van der Waals surface area contributed by atoms with E-state index in [1.807, 2.05) is 0 Å². The van der Waals surface area contributed by atoms with Crippen LogP contribution in [0, 0.1) is 10.1 Å². The number of nitrogens with two attached hydrogens (primary N) is 1. The number of nitro groups is 1. The molecule has 0 aromatic heterocycles. The zero-order chi connectivity index (χ0) is 27.1. The van der Waals surface area contributed by atoms with Gasteiger partial charge in [-0.3, -0.25) is 14.9 Å². The Kier molecular flexibility index (Phi) is 7.40. The zero-order valence-corrected chi connectivity index (χ0v) is 17.5. The maximum absolute atomic E-state index is 14.5. The first-order chi connectivity index (χ1) is 15.9. The number of hydrogen-bond acceptors (Lipinski definition) is 5. The number of carbonyl (C=O) groups is 1. The summed E-state index contributed by atoms with van der Waals surface area (Å²) in [6.45, 7) is -3.91. The second-order valence-corrected chi connectivity index (χ2v) is 6.93. The summed E-state index contributed by atoms with van der Waals surface area (Å²) in [5, 5.41) is 10.4. The molecular formula is C18H10ClF9N2O5. The molecule has 0 aliphatic carbocycles. The molecule has 0 radical (unpaired) electrons. The van der Waals surface area contributed by atoms with Gasteiger partial charge in [0.1, 0.15) is 5.75 Å². The molecule has 0 aliphatic heterocycles. The molecule has 0 saturated heterocycles. The maximum Gasteiger partial charge on any atom is 0.435 e. The lowest BCUT2D eigenvalue weighted by atomic mass is 9.90. The summed E-state index contributed by atoms with van der Waals surface area (Å²) in [6, 6.07) is 0.891. The van der Waals surface area contributed by atoms with Crippen molar-refractivity contribution in [1.29, 1.82) is 0 Å². The number of rotatable bonds is 7. The summed E-state index contributed by atoms with van der Waals surface area (Å²) in [4.78, 5) is 22.0. The van der Waals surface area contributed by atoms with E-state index in [0.717, 1.165) is 13.2 Å². The first-order valence-electron chi connectivity index (χ1n) is 8.65. The van der Waals surface area contributed by atoms with Crippen molar-refractivity contribution in [2.24, 2.45) is 5.73 Å². The third-order valence-corrected chi connectivity index (χ3v) is 4.80. The van der Waals surface area contributed by atoms with E-state index in [2.05, 4.69) is 4.74 Å². The van der Waals surface area contributed by atoms with E-state index in [1.165, 1.54) is 0 Å². The Labute approximate surface area is 193 Å². The van der Waals surface area contributed by atoms with Crippen LogP contribution in [0.4, 0.5) is 45.2 Å². The van der Waals surface area contributed by atoms with Gasteiger partial charge in [0, 0.05) is 11.1 Å². The summed E-state index contributed by atoms with van der Waals surface area (Å²) < 4.78 is 128. The standard InChI is InChI=1S/C18H10ClF9N2O5/c1-34-13-8(14(29)31)3-2-7(12(13)30(32)33)11-9(19)4-6(5-10(11)35-15(20)21)16(22,17(23,24)25)18(26,27)28/h2-5,15H,1H3,(H2,29,31). The van der Waals surface area contributed by atoms with Crippen molar-refractivity contribution in [1.82, 2.24) is 0 Å². The lowest BCUT2D eigenvalue weighted by molar-refractivity contribution is -0.385. The average Bonchev–Trinajstić information content (AvgIpc) is 2.69. The van der Waals surface area contributed by atoms with Gasteiger partial charge in [-0.1, -0.05) is 11.6 Å². The number of hydrogen-bond donors (Lipinski definition) is 1. The molecule has 0 aliphatic rings. The molecule has 0 spiro atoms. The van der Waals surface area contributed by atoms with Crippen molar-refractivity contribution >= 4 is 23.2 Å². The highest BCUT2D eigenvalue weighted by Crippen LogP contribution is 2.56. The normalized spacial score (nSPS) is 12.6. The molecule has 0 fully saturated rings. The fraction of sp³-hybridized carbons (Fsp3) is 0.278. The molecule has 0 heterocycles. The van der Waals surface area contributed by atoms with Crippen LogP contribution in [-0.2, 0) is 5.67 Å². The molecule has 1 amide bonds. The number of amides is 1. The molecule has 0 atom stereocenters. The van der Waals surface area contributed by atoms with Crippen molar-refractivity contribution in [3.05, 3.63) is 50.5 Å². The van der Waals surface area contributed by atoms with Gasteiger partial charge in [-0.2, -0.15) is 35.1 Å². The number of nitro benzene ring substituents is 1. The second kappa shape index (κ2) is 9.31. The summed E-state index contributed by atoms with van der Waals surface area (Å²) in [6.07, 6.45) is -13.3. The molecule has 2 N–H and O–H groups in total. The number of ether oxygens (including phenoxy) is 2. The lowest BCUT2D eigenvalue weighted by Crippen LogP contribution is -2.50. The molecule has 2 rings (SSSR count). The number of carbonyl (C=O) groups excluding carboxylic acids is 1. The van der Waals surface area contributed by atoms with Crippen molar-refractivity contribution < 1.29 is 58.7 Å². The van der Waals surface area contributed by atoms with Gasteiger partial charge >= 0.3 is 30.3 Å². The highest BCUT2D eigenvalue weighted by molar-refractivity contribution is 6.34. The summed E-state index contributed by atoms with van der Waals surface area (Å²) in [7, 11) is 0.837. The number of nitrogens with zero attached hydrogens (tertiary/aromatic N) is 1. The first-order valence-corrected chi connectivity index (χ1v) is 9.03. The topological polar surface area (TPSA) is 105 Å². The summed E-state index contributed by atoms with van der Waals surface area (Å²) in [5.41, 5.74) is -6.93. The van der Waals surface area contributed by atoms with Gasteiger partial charge < -0.3 is 15.2 Å². The van der Waals surface area contributed by atoms with Crippen molar-refractivity contribution in [2.45, 2.75) is 24.6 Å². The zero-order valence-electron chi connectivity index (χ0n) is 16.7. The molecule has 192 valence electrons. The van der Waals surface area contributed by atoms with Crippen LogP contribution < -0.4 is 15.2 Å². The Morgan fingerprint density at radius 1 is 1.09 bits per heavy atom. The van der Waals surface area contributed by atoms with Crippen molar-refractivity contribution in [2.75, 3.05) is 7.11 Å². The van der Waals surface area contributed by atoms with Gasteiger partial charge in [0.05, 0.1) is 28.2 Å². The minimum absolute atomic E-state index is 0.200. The molecule has 0 saturated carbocycles. The SMILES string of the molecule is COc1c(C(N)=O)ccc(-c2c(Cl)cc(C(F)(C(F)(F)F)C(F)(F)F)cc2OC(F)F)c1[N+](=O)[O-]. The van der Waals surface area contributed by atoms with Gasteiger partial charge in [0.2, 0.25) is 5.75 Å². The lowest BCUT2D eigenvalue weighted by Gasteiger charge is -2.31. The van der Waals surface area contributed by atoms with E-state index in [-0.39, 0.29) is 12.1 Å². The van der Waals surface area contributed by atoms with E-state index in [9.17, 15) is 54.4 Å². The Balaban J connectivity index is 3.03. The Morgan fingerprint density at radius 2 is 1.63 bits per heavy atom. The van der Waals surface area contributed by atoms with Gasteiger partial charge in [0.15, 0.2) is 0 Å². The number of alkyl halides is 9. The van der Waals surface area contributed by atoms with Gasteiger partial charge in [-0.05, 0) is 24.3 Å². The van der Waals surface area contributed by atoms with Crippen LogP contribution in [-0.4, -0.2) is 36.9 Å². The quantitative estimate of drug-likeness (QED) is 0.267. The van der Waals surface area contributed by atoms with Gasteiger partial charge in [-0.25, -0.2) is 4.39 Å². The van der Waals surface area contributed by atoms with E-state index in [0.29, 0.717) is 6.07 Å². The molecule has 7 nitrogen and oxygen atoms in total. The Morgan fingerprint density at radius 3 is 2.03 bits per heavy atom. The number of halogens is 10. The molecule has 0 bridgehead atoms. The minimum Gasteiger partial charge on any atom is -0.490 e. The third kappa shape index (κ3) is 4.87. The summed E-state index contributed by atoms with van der Waals surface area (Å²) in [5.74, 6) is -3.66. The minimum atomic E-state index is -6.63. The van der Waals surface area contributed by atoms with E-state index in [4.69, 9.17) is 22.1 Å². The number of methoxy groups -OCH3 is 1. The Bertz CT molecular complexity index is 1150. The Hall–Kier alpha value is -3.43. The molecular weight excluding hydrogens is 531 g/mol. The van der Waals surface area contributed by atoms with Crippen LogP contribution >= 0.6 is 11.6 Å². The van der Waals surface area contributed by atoms with Crippen LogP contribution in [0.5, 0.6) is 11.5 Å². The van der Waals surface area contributed by atoms with Gasteiger partial charge in [0.25, 0.3) is 5.91 Å². The molecule has 2 aromatic carbocycles. The molecule has 17 heteroatoms. The smallest absolute Gasteiger partial charge is 0.435 e. The van der Waals surface area contributed by atoms with E-state index < -0.39 is 79.9 Å². The fourth-order valence-electron chi connectivity index (χ4n) is 3.07. The van der Waals surface area contributed by atoms with Crippen LogP contribution in [0.3, 0.4) is 0 Å². The van der Waals surface area contributed by atoms with E-state index in [1.54, 1.807) is 0 Å². The second-order valence-electron chi connectivity index (χ2n) is 6.53. The molecule has 0 unspecified atom stereocenters. The van der Waals surface area contributed by atoms with Crippen LogP contribution in [0.2, 0.25) is 5.02 Å². The maximum atomic E-state index is 14.5. The van der Waals surface area contributed by atoms with Crippen molar-refractivity contribution in [3.63, 3.8) is 0 Å². The average molecular weight is 541 g/mol. The monoisotopic (exact) mass is 540 g/mol. The predicted octanol–water partition coefficient (Wildman–Crippen LogP) is 5.91. The summed E-state index contributed by atoms with van der Waals surface area (Å²) >= 11 is 5.75. The third-order valence-electron chi connectivity index (χ3n) is 4.50. The van der Waals surface area contributed by atoms with Crippen molar-refractivity contribution in [3.8, 4) is 22.6 Å². The van der Waals surface area contributed by atoms with E-state index >= 15 is 0 Å². The van der Waals surface area contributed by atoms with Crippen LogP contribution in [0.1, 0.15) is 15.9 Å². The number of benzene rings is 2. The number of primary amides is 1.